The second kappa shape index (κ2) is 10.6. The lowest BCUT2D eigenvalue weighted by atomic mass is 10.3. The van der Waals surface area contributed by atoms with Crippen molar-refractivity contribution in [2.45, 2.75) is 33.3 Å². The predicted octanol–water partition coefficient (Wildman–Crippen LogP) is 1.48. The minimum Gasteiger partial charge on any atom is -0.393 e. The van der Waals surface area contributed by atoms with Crippen molar-refractivity contribution in [1.29, 1.82) is 0 Å². The summed E-state index contributed by atoms with van der Waals surface area (Å²) >= 11 is 0. The molecule has 0 radical (unpaired) electrons. The summed E-state index contributed by atoms with van der Waals surface area (Å²) in [4.78, 5) is 3.69. The number of hydrogen-bond donors (Lipinski definition) is 1. The van der Waals surface area contributed by atoms with Crippen molar-refractivity contribution in [2.24, 2.45) is 4.99 Å². The van der Waals surface area contributed by atoms with Crippen molar-refractivity contribution in [3.8, 4) is 0 Å². The zero-order valence-corrected chi connectivity index (χ0v) is 6.76. The van der Waals surface area contributed by atoms with E-state index in [9.17, 15) is 0 Å². The molecule has 0 saturated carbocycles. The Hall–Kier alpha value is -0.370. The fourth-order valence-corrected chi connectivity index (χ4v) is 0.258. The first-order valence-corrected chi connectivity index (χ1v) is 3.36. The van der Waals surface area contributed by atoms with Gasteiger partial charge in [-0.2, -0.15) is 0 Å². The van der Waals surface area contributed by atoms with Crippen LogP contribution in [0.4, 0.5) is 0 Å². The molecule has 1 atom stereocenters. The van der Waals surface area contributed by atoms with E-state index in [0.717, 1.165) is 0 Å². The molecular formula is C7H17NO. The van der Waals surface area contributed by atoms with Crippen LogP contribution in [0.15, 0.2) is 4.99 Å². The molecule has 0 aliphatic heterocycles. The Labute approximate surface area is 57.6 Å². The molecule has 0 aliphatic carbocycles. The molecule has 0 saturated heterocycles. The molecule has 1 unspecified atom stereocenters. The van der Waals surface area contributed by atoms with E-state index in [-0.39, 0.29) is 6.10 Å². The second-order valence-corrected chi connectivity index (χ2v) is 1.53. The molecule has 0 fully saturated rings. The molecule has 0 aromatic heterocycles. The first-order valence-electron chi connectivity index (χ1n) is 3.36. The number of hydrogen-bond acceptors (Lipinski definition) is 2. The lowest BCUT2D eigenvalue weighted by Crippen LogP contribution is -1.98. The van der Waals surface area contributed by atoms with E-state index in [0.29, 0.717) is 6.42 Å². The Morgan fingerprint density at radius 3 is 2.11 bits per heavy atom. The van der Waals surface area contributed by atoms with Crippen LogP contribution >= 0.6 is 0 Å². The second-order valence-electron chi connectivity index (χ2n) is 1.53. The number of nitrogens with zero attached hydrogens (tertiary/aromatic N) is 1. The van der Waals surface area contributed by atoms with Crippen LogP contribution in [-0.2, 0) is 0 Å². The SMILES string of the molecule is CC.CN=CCC(C)O. The van der Waals surface area contributed by atoms with Crippen molar-refractivity contribution < 1.29 is 5.11 Å². The van der Waals surface area contributed by atoms with Gasteiger partial charge in [-0.1, -0.05) is 13.8 Å². The van der Waals surface area contributed by atoms with Gasteiger partial charge in [-0.15, -0.1) is 0 Å². The molecule has 1 N–H and O–H groups in total. The van der Waals surface area contributed by atoms with Crippen LogP contribution in [0.25, 0.3) is 0 Å². The Bertz CT molecular complexity index is 59.9. The van der Waals surface area contributed by atoms with E-state index in [2.05, 4.69) is 4.99 Å². The summed E-state index contributed by atoms with van der Waals surface area (Å²) in [5, 5.41) is 8.59. The summed E-state index contributed by atoms with van der Waals surface area (Å²) in [5.74, 6) is 0. The standard InChI is InChI=1S/C5H11NO.C2H6/c1-5(7)3-4-6-2;1-2/h4-5,7H,3H2,1-2H3;1-2H3. The Morgan fingerprint density at radius 1 is 1.56 bits per heavy atom. The topological polar surface area (TPSA) is 32.6 Å². The van der Waals surface area contributed by atoms with E-state index in [4.69, 9.17) is 5.11 Å². The third-order valence-electron chi connectivity index (χ3n) is 0.629. The lowest BCUT2D eigenvalue weighted by Gasteiger charge is -1.92. The molecule has 0 heterocycles. The highest BCUT2D eigenvalue weighted by molar-refractivity contribution is 5.57. The zero-order valence-electron chi connectivity index (χ0n) is 6.76. The van der Waals surface area contributed by atoms with Gasteiger partial charge in [0.05, 0.1) is 6.10 Å². The molecular weight excluding hydrogens is 114 g/mol. The number of aliphatic imine (C=N–C) groups is 1. The van der Waals surface area contributed by atoms with Crippen LogP contribution in [0.1, 0.15) is 27.2 Å². The van der Waals surface area contributed by atoms with Crippen molar-refractivity contribution in [3.05, 3.63) is 0 Å². The molecule has 2 nitrogen and oxygen atoms in total. The van der Waals surface area contributed by atoms with Crippen molar-refractivity contribution in [3.63, 3.8) is 0 Å². The van der Waals surface area contributed by atoms with Gasteiger partial charge >= 0.3 is 0 Å². The van der Waals surface area contributed by atoms with E-state index < -0.39 is 0 Å². The first-order chi connectivity index (χ1) is 4.27. The monoisotopic (exact) mass is 131 g/mol. The van der Waals surface area contributed by atoms with E-state index in [1.165, 1.54) is 0 Å². The zero-order chi connectivity index (χ0) is 7.70. The fourth-order valence-electron chi connectivity index (χ4n) is 0.258. The van der Waals surface area contributed by atoms with Gasteiger partial charge < -0.3 is 10.1 Å². The van der Waals surface area contributed by atoms with Gasteiger partial charge in [0.2, 0.25) is 0 Å². The van der Waals surface area contributed by atoms with Crippen LogP contribution in [0.2, 0.25) is 0 Å². The van der Waals surface area contributed by atoms with Crippen molar-refractivity contribution in [2.75, 3.05) is 7.05 Å². The summed E-state index contributed by atoms with van der Waals surface area (Å²) < 4.78 is 0. The summed E-state index contributed by atoms with van der Waals surface area (Å²) in [6, 6.07) is 0. The van der Waals surface area contributed by atoms with Gasteiger partial charge in [-0.05, 0) is 6.92 Å². The highest BCUT2D eigenvalue weighted by Crippen LogP contribution is 1.82. The Morgan fingerprint density at radius 2 is 2.00 bits per heavy atom. The maximum atomic E-state index is 8.59. The molecule has 0 amide bonds. The van der Waals surface area contributed by atoms with Crippen molar-refractivity contribution >= 4 is 6.21 Å². The molecule has 0 aliphatic rings. The van der Waals surface area contributed by atoms with Gasteiger partial charge in [0.1, 0.15) is 0 Å². The minimum atomic E-state index is -0.247. The maximum absolute atomic E-state index is 8.59. The summed E-state index contributed by atoms with van der Waals surface area (Å²) in [7, 11) is 1.70. The average Bonchev–Trinajstić information content (AvgIpc) is 1.88. The highest BCUT2D eigenvalue weighted by atomic mass is 16.3. The summed E-state index contributed by atoms with van der Waals surface area (Å²) in [6.45, 7) is 5.74. The molecule has 0 bridgehead atoms. The van der Waals surface area contributed by atoms with Crippen LogP contribution in [-0.4, -0.2) is 24.5 Å². The summed E-state index contributed by atoms with van der Waals surface area (Å²) in [5.41, 5.74) is 0. The molecule has 0 aromatic carbocycles. The molecule has 0 rings (SSSR count). The molecule has 0 aromatic rings. The fraction of sp³-hybridized carbons (Fsp3) is 0.857. The van der Waals surface area contributed by atoms with Gasteiger partial charge in [0.15, 0.2) is 0 Å². The van der Waals surface area contributed by atoms with Gasteiger partial charge in [0, 0.05) is 19.7 Å². The first kappa shape index (κ1) is 11.4. The third kappa shape index (κ3) is 18.4. The predicted molar refractivity (Wildman–Crippen MR) is 42.1 cm³/mol. The van der Waals surface area contributed by atoms with Crippen molar-refractivity contribution in [1.82, 2.24) is 0 Å². The van der Waals surface area contributed by atoms with Crippen LogP contribution in [0, 0.1) is 0 Å². The van der Waals surface area contributed by atoms with Crippen LogP contribution < -0.4 is 0 Å². The van der Waals surface area contributed by atoms with Crippen LogP contribution in [0.5, 0.6) is 0 Å². The number of aliphatic hydroxyl groups is 1. The minimum absolute atomic E-state index is 0.247. The number of rotatable bonds is 2. The van der Waals surface area contributed by atoms with E-state index in [1.807, 2.05) is 13.8 Å². The largest absolute Gasteiger partial charge is 0.393 e. The Kier molecular flexibility index (Phi) is 13.4. The smallest absolute Gasteiger partial charge is 0.0561 e. The highest BCUT2D eigenvalue weighted by Gasteiger charge is 1.86. The quantitative estimate of drug-likeness (QED) is 0.566. The summed E-state index contributed by atoms with van der Waals surface area (Å²) in [6.07, 6.45) is 2.12. The van der Waals surface area contributed by atoms with Gasteiger partial charge in [0.25, 0.3) is 0 Å². The molecule has 0 spiro atoms. The molecule has 56 valence electrons. The van der Waals surface area contributed by atoms with Gasteiger partial charge in [-0.25, -0.2) is 0 Å². The van der Waals surface area contributed by atoms with E-state index >= 15 is 0 Å². The third-order valence-corrected chi connectivity index (χ3v) is 0.629. The maximum Gasteiger partial charge on any atom is 0.0561 e. The molecule has 2 heteroatoms. The molecule has 9 heavy (non-hydrogen) atoms. The number of aliphatic hydroxyl groups excluding tert-OH is 1. The average molecular weight is 131 g/mol. The van der Waals surface area contributed by atoms with Gasteiger partial charge in [-0.3, -0.25) is 0 Å². The normalized spacial score (nSPS) is 12.6. The van der Waals surface area contributed by atoms with E-state index in [1.54, 1.807) is 20.2 Å². The lowest BCUT2D eigenvalue weighted by molar-refractivity contribution is 0.204. The Balaban J connectivity index is 0. The van der Waals surface area contributed by atoms with Crippen LogP contribution in [0.3, 0.4) is 0 Å².